The van der Waals surface area contributed by atoms with Gasteiger partial charge >= 0.3 is 0 Å². The summed E-state index contributed by atoms with van der Waals surface area (Å²) in [4.78, 5) is 52.2. The van der Waals surface area contributed by atoms with Gasteiger partial charge in [0, 0.05) is 18.7 Å². The van der Waals surface area contributed by atoms with Crippen molar-refractivity contribution in [3.63, 3.8) is 0 Å². The first-order chi connectivity index (χ1) is 15.4. The first-order valence-electron chi connectivity index (χ1n) is 12.3. The molecule has 0 bridgehead atoms. The van der Waals surface area contributed by atoms with Crippen molar-refractivity contribution < 1.29 is 19.2 Å². The number of ketones is 3. The Kier molecular flexibility index (Phi) is 13.4. The van der Waals surface area contributed by atoms with Gasteiger partial charge in [-0.25, -0.2) is 0 Å². The van der Waals surface area contributed by atoms with Crippen molar-refractivity contribution in [2.75, 3.05) is 13.1 Å². The quantitative estimate of drug-likeness (QED) is 0.177. The molecule has 1 amide bonds. The summed E-state index contributed by atoms with van der Waals surface area (Å²) in [5.74, 6) is -2.29. The first kappa shape index (κ1) is 27.7. The van der Waals surface area contributed by atoms with Gasteiger partial charge in [-0.2, -0.15) is 0 Å². The number of nitrogens with zero attached hydrogens (tertiary/aromatic N) is 1. The summed E-state index contributed by atoms with van der Waals surface area (Å²) in [5, 5.41) is 0. The molecule has 5 heteroatoms. The summed E-state index contributed by atoms with van der Waals surface area (Å²) in [6.07, 6.45) is 7.60. The lowest BCUT2D eigenvalue weighted by Crippen LogP contribution is -2.43. The van der Waals surface area contributed by atoms with Crippen molar-refractivity contribution in [2.45, 2.75) is 85.5 Å². The number of Topliss-reactive ketones (excluding diaryl/α,β-unsaturated/α-hetero) is 3. The molecular weight excluding hydrogens is 402 g/mol. The van der Waals surface area contributed by atoms with Crippen molar-refractivity contribution in [1.29, 1.82) is 0 Å². The van der Waals surface area contributed by atoms with E-state index in [9.17, 15) is 19.2 Å². The fourth-order valence-corrected chi connectivity index (χ4v) is 3.93. The minimum Gasteiger partial charge on any atom is -0.336 e. The highest BCUT2D eigenvalue weighted by atomic mass is 16.2. The van der Waals surface area contributed by atoms with Gasteiger partial charge in [-0.3, -0.25) is 19.2 Å². The minimum atomic E-state index is -0.828. The largest absolute Gasteiger partial charge is 0.336 e. The number of hydrogen-bond donors (Lipinski definition) is 0. The van der Waals surface area contributed by atoms with E-state index >= 15 is 0 Å². The molecule has 0 aliphatic heterocycles. The van der Waals surface area contributed by atoms with E-state index in [0.29, 0.717) is 24.9 Å². The number of unbranched alkanes of at least 4 members (excludes halogenated alkanes) is 2. The van der Waals surface area contributed by atoms with Crippen LogP contribution in [-0.4, -0.2) is 41.2 Å². The molecule has 0 spiro atoms. The van der Waals surface area contributed by atoms with E-state index in [1.807, 2.05) is 0 Å². The molecule has 1 rings (SSSR count). The van der Waals surface area contributed by atoms with Crippen LogP contribution in [0.5, 0.6) is 0 Å². The van der Waals surface area contributed by atoms with Crippen LogP contribution in [0.3, 0.4) is 0 Å². The van der Waals surface area contributed by atoms with Crippen LogP contribution in [0, 0.1) is 11.8 Å². The molecule has 0 aliphatic carbocycles. The van der Waals surface area contributed by atoms with E-state index in [0.717, 1.165) is 51.4 Å². The van der Waals surface area contributed by atoms with Crippen molar-refractivity contribution in [2.24, 2.45) is 11.8 Å². The number of carbonyl (C=O) groups is 4. The molecular formula is C27H41NO4. The van der Waals surface area contributed by atoms with Gasteiger partial charge in [-0.15, -0.1) is 0 Å². The monoisotopic (exact) mass is 443 g/mol. The highest BCUT2D eigenvalue weighted by Crippen LogP contribution is 2.19. The van der Waals surface area contributed by atoms with E-state index < -0.39 is 29.7 Å². The first-order valence-corrected chi connectivity index (χ1v) is 12.3. The van der Waals surface area contributed by atoms with E-state index in [2.05, 4.69) is 27.7 Å². The molecule has 0 saturated carbocycles. The van der Waals surface area contributed by atoms with Gasteiger partial charge in [0.05, 0.1) is 6.42 Å². The third-order valence-electron chi connectivity index (χ3n) is 6.18. The minimum absolute atomic E-state index is 0.242. The molecule has 0 heterocycles. The number of hydrogen-bond acceptors (Lipinski definition) is 4. The summed E-state index contributed by atoms with van der Waals surface area (Å²) in [6, 6.07) is 8.16. The van der Waals surface area contributed by atoms with Crippen LogP contribution in [0.15, 0.2) is 30.3 Å². The van der Waals surface area contributed by atoms with Gasteiger partial charge in [-0.05, 0) is 24.7 Å². The van der Waals surface area contributed by atoms with Crippen molar-refractivity contribution >= 4 is 23.3 Å². The average Bonchev–Trinajstić information content (AvgIpc) is 2.82. The Morgan fingerprint density at radius 3 is 1.69 bits per heavy atom. The molecule has 178 valence electrons. The van der Waals surface area contributed by atoms with Crippen LogP contribution in [-0.2, 0) is 14.4 Å². The van der Waals surface area contributed by atoms with Gasteiger partial charge in [0.2, 0.25) is 17.3 Å². The lowest BCUT2D eigenvalue weighted by molar-refractivity contribution is -0.146. The summed E-state index contributed by atoms with van der Waals surface area (Å²) in [6.45, 7) is 9.58. The number of amides is 1. The maximum Gasteiger partial charge on any atom is 0.290 e. The Bertz CT molecular complexity index is 710. The molecule has 0 fully saturated rings. The summed E-state index contributed by atoms with van der Waals surface area (Å²) in [7, 11) is 0. The third-order valence-corrected chi connectivity index (χ3v) is 6.18. The summed E-state index contributed by atoms with van der Waals surface area (Å²) >= 11 is 0. The molecule has 0 radical (unpaired) electrons. The standard InChI is InChI=1S/C27H41NO4/c1-5-9-14-21(7-3)19-28(20-22(8-4)15-10-6-2)27(32)25(30)18-24(29)26(31)23-16-12-11-13-17-23/h11-13,16-17,21-22H,5-10,14-15,18-20H2,1-4H3. The maximum absolute atomic E-state index is 13.1. The Balaban J connectivity index is 2.91. The molecule has 0 saturated heterocycles. The summed E-state index contributed by atoms with van der Waals surface area (Å²) < 4.78 is 0. The van der Waals surface area contributed by atoms with Crippen LogP contribution in [0.25, 0.3) is 0 Å². The second-order valence-electron chi connectivity index (χ2n) is 8.76. The molecule has 32 heavy (non-hydrogen) atoms. The van der Waals surface area contributed by atoms with E-state index in [1.54, 1.807) is 23.1 Å². The zero-order chi connectivity index (χ0) is 23.9. The lowest BCUT2D eigenvalue weighted by atomic mass is 9.95. The predicted octanol–water partition coefficient (Wildman–Crippen LogP) is 5.66. The van der Waals surface area contributed by atoms with Gasteiger partial charge in [0.15, 0.2) is 0 Å². The Morgan fingerprint density at radius 1 is 0.750 bits per heavy atom. The molecule has 1 aromatic rings. The van der Waals surface area contributed by atoms with Crippen LogP contribution >= 0.6 is 0 Å². The zero-order valence-corrected chi connectivity index (χ0v) is 20.4. The Labute approximate surface area is 194 Å². The van der Waals surface area contributed by atoms with Crippen molar-refractivity contribution in [3.8, 4) is 0 Å². The third kappa shape index (κ3) is 9.46. The molecule has 1 aromatic carbocycles. The van der Waals surface area contributed by atoms with Gasteiger partial charge in [-0.1, -0.05) is 96.6 Å². The highest BCUT2D eigenvalue weighted by Gasteiger charge is 2.29. The van der Waals surface area contributed by atoms with E-state index in [1.165, 1.54) is 12.1 Å². The normalized spacial score (nSPS) is 12.8. The maximum atomic E-state index is 13.1. The molecule has 0 aliphatic rings. The van der Waals surface area contributed by atoms with Crippen molar-refractivity contribution in [1.82, 2.24) is 4.90 Å². The fraction of sp³-hybridized carbons (Fsp3) is 0.630. The predicted molar refractivity (Wildman–Crippen MR) is 129 cm³/mol. The molecule has 0 N–H and O–H groups in total. The second-order valence-corrected chi connectivity index (χ2v) is 8.76. The summed E-state index contributed by atoms with van der Waals surface area (Å²) in [5.41, 5.74) is 0.242. The van der Waals surface area contributed by atoms with Gasteiger partial charge in [0.1, 0.15) is 0 Å². The molecule has 0 aromatic heterocycles. The second kappa shape index (κ2) is 15.5. The number of rotatable bonds is 17. The number of carbonyl (C=O) groups excluding carboxylic acids is 4. The average molecular weight is 444 g/mol. The zero-order valence-electron chi connectivity index (χ0n) is 20.4. The van der Waals surface area contributed by atoms with Crippen LogP contribution in [0.4, 0.5) is 0 Å². The fourth-order valence-electron chi connectivity index (χ4n) is 3.93. The Hall–Kier alpha value is -2.30. The van der Waals surface area contributed by atoms with Gasteiger partial charge < -0.3 is 4.90 Å². The Morgan fingerprint density at radius 2 is 1.25 bits per heavy atom. The van der Waals surface area contributed by atoms with Gasteiger partial charge in [0.25, 0.3) is 5.91 Å². The SMILES string of the molecule is CCCCC(CC)CN(CC(CC)CCCC)C(=O)C(=O)CC(=O)C(=O)c1ccccc1. The topological polar surface area (TPSA) is 71.5 Å². The van der Waals surface area contributed by atoms with Crippen LogP contribution in [0.2, 0.25) is 0 Å². The van der Waals surface area contributed by atoms with Crippen LogP contribution in [0.1, 0.15) is 95.8 Å². The van der Waals surface area contributed by atoms with Crippen molar-refractivity contribution in [3.05, 3.63) is 35.9 Å². The highest BCUT2D eigenvalue weighted by molar-refractivity contribution is 6.51. The van der Waals surface area contributed by atoms with Crippen LogP contribution < -0.4 is 0 Å². The van der Waals surface area contributed by atoms with E-state index in [-0.39, 0.29) is 5.56 Å². The number of benzene rings is 1. The smallest absolute Gasteiger partial charge is 0.290 e. The molecule has 2 unspecified atom stereocenters. The molecule has 2 atom stereocenters. The lowest BCUT2D eigenvalue weighted by Gasteiger charge is -2.30. The van der Waals surface area contributed by atoms with E-state index in [4.69, 9.17) is 0 Å². The molecule has 5 nitrogen and oxygen atoms in total.